The van der Waals surface area contributed by atoms with Crippen molar-refractivity contribution in [2.45, 2.75) is 18.6 Å². The molecule has 1 aliphatic rings. The maximum atomic E-state index is 12.7. The molecule has 1 atom stereocenters. The summed E-state index contributed by atoms with van der Waals surface area (Å²) in [6, 6.07) is 11.7. The summed E-state index contributed by atoms with van der Waals surface area (Å²) in [6.45, 7) is 0. The predicted molar refractivity (Wildman–Crippen MR) is 75.7 cm³/mol. The largest absolute Gasteiger partial charge is 0.416 e. The Morgan fingerprint density at radius 3 is 2.60 bits per heavy atom. The van der Waals surface area contributed by atoms with E-state index in [0.29, 0.717) is 12.0 Å². The molecule has 0 fully saturated rings. The second kappa shape index (κ2) is 4.81. The molecule has 5 heteroatoms. The first-order valence-electron chi connectivity index (χ1n) is 6.15. The van der Waals surface area contributed by atoms with Crippen LogP contribution in [0.4, 0.5) is 18.9 Å². The average Bonchev–Trinajstić information content (AvgIpc) is 2.80. The quantitative estimate of drug-likeness (QED) is 0.753. The Hall–Kier alpha value is -1.49. The summed E-state index contributed by atoms with van der Waals surface area (Å²) in [4.78, 5) is 0. The topological polar surface area (TPSA) is 12.0 Å². The summed E-state index contributed by atoms with van der Waals surface area (Å²) in [5.41, 5.74) is 1.96. The van der Waals surface area contributed by atoms with E-state index in [-0.39, 0.29) is 6.04 Å². The maximum Gasteiger partial charge on any atom is 0.416 e. The smallest absolute Gasteiger partial charge is 0.378 e. The molecule has 1 aliphatic heterocycles. The molecule has 1 nitrogen and oxygen atoms in total. The third-order valence-corrected chi connectivity index (χ3v) is 3.93. The Morgan fingerprint density at radius 1 is 1.10 bits per heavy atom. The number of nitrogens with one attached hydrogen (secondary N) is 1. The summed E-state index contributed by atoms with van der Waals surface area (Å²) in [5.74, 6) is 0. The molecule has 104 valence electrons. The van der Waals surface area contributed by atoms with Crippen molar-refractivity contribution in [1.82, 2.24) is 0 Å². The van der Waals surface area contributed by atoms with E-state index in [1.54, 1.807) is 0 Å². The summed E-state index contributed by atoms with van der Waals surface area (Å²) in [5, 5.41) is 3.27. The molecule has 1 heterocycles. The fourth-order valence-corrected chi connectivity index (χ4v) is 2.88. The summed E-state index contributed by atoms with van der Waals surface area (Å²) in [7, 11) is 0. The second-order valence-corrected chi connectivity index (χ2v) is 5.74. The van der Waals surface area contributed by atoms with Gasteiger partial charge >= 0.3 is 6.18 Å². The Balaban J connectivity index is 1.89. The first-order valence-corrected chi connectivity index (χ1v) is 6.95. The van der Waals surface area contributed by atoms with Crippen LogP contribution >= 0.6 is 15.9 Å². The molecule has 3 rings (SSSR count). The van der Waals surface area contributed by atoms with Crippen LogP contribution in [0.1, 0.15) is 22.7 Å². The molecular weight excluding hydrogens is 331 g/mol. The molecular formula is C15H11BrF3N. The van der Waals surface area contributed by atoms with E-state index in [1.165, 1.54) is 12.1 Å². The van der Waals surface area contributed by atoms with Crippen molar-refractivity contribution in [3.8, 4) is 0 Å². The van der Waals surface area contributed by atoms with Gasteiger partial charge in [-0.15, -0.1) is 0 Å². The van der Waals surface area contributed by atoms with Gasteiger partial charge in [0.2, 0.25) is 0 Å². The lowest BCUT2D eigenvalue weighted by Crippen LogP contribution is -2.05. The van der Waals surface area contributed by atoms with Crippen LogP contribution in [0.3, 0.4) is 0 Å². The average molecular weight is 342 g/mol. The van der Waals surface area contributed by atoms with Crippen LogP contribution in [0.25, 0.3) is 0 Å². The zero-order valence-electron chi connectivity index (χ0n) is 10.3. The molecule has 0 amide bonds. The number of rotatable bonds is 1. The van der Waals surface area contributed by atoms with Crippen molar-refractivity contribution >= 4 is 21.6 Å². The Labute approximate surface area is 122 Å². The monoisotopic (exact) mass is 341 g/mol. The number of hydrogen-bond donors (Lipinski definition) is 1. The Kier molecular flexibility index (Phi) is 3.24. The van der Waals surface area contributed by atoms with Crippen LogP contribution in [-0.4, -0.2) is 0 Å². The Morgan fingerprint density at radius 2 is 1.90 bits per heavy atom. The minimum Gasteiger partial charge on any atom is -0.378 e. The lowest BCUT2D eigenvalue weighted by molar-refractivity contribution is -0.137. The highest BCUT2D eigenvalue weighted by Crippen LogP contribution is 2.38. The van der Waals surface area contributed by atoms with Gasteiger partial charge in [0.05, 0.1) is 11.6 Å². The number of fused-ring (bicyclic) bond motifs is 1. The minimum absolute atomic E-state index is 0.0194. The third kappa shape index (κ3) is 2.54. The first kappa shape index (κ1) is 13.5. The van der Waals surface area contributed by atoms with Crippen LogP contribution in [-0.2, 0) is 12.6 Å². The third-order valence-electron chi connectivity index (χ3n) is 3.44. The van der Waals surface area contributed by atoms with E-state index in [2.05, 4.69) is 21.2 Å². The van der Waals surface area contributed by atoms with E-state index in [9.17, 15) is 13.2 Å². The lowest BCUT2D eigenvalue weighted by atomic mass is 10.0. The molecule has 2 aromatic carbocycles. The number of hydrogen-bond acceptors (Lipinski definition) is 1. The highest BCUT2D eigenvalue weighted by molar-refractivity contribution is 9.10. The lowest BCUT2D eigenvalue weighted by Gasteiger charge is -2.11. The van der Waals surface area contributed by atoms with Crippen LogP contribution in [0, 0.1) is 0 Å². The summed E-state index contributed by atoms with van der Waals surface area (Å²) >= 11 is 3.41. The van der Waals surface area contributed by atoms with Crippen molar-refractivity contribution in [3.05, 3.63) is 63.6 Å². The van der Waals surface area contributed by atoms with Crippen LogP contribution in [0.2, 0.25) is 0 Å². The van der Waals surface area contributed by atoms with Gasteiger partial charge in [0.25, 0.3) is 0 Å². The van der Waals surface area contributed by atoms with Gasteiger partial charge in [0.1, 0.15) is 0 Å². The molecule has 0 spiro atoms. The number of benzene rings is 2. The van der Waals surface area contributed by atoms with Gasteiger partial charge in [-0.1, -0.05) is 28.1 Å². The van der Waals surface area contributed by atoms with Crippen molar-refractivity contribution in [2.75, 3.05) is 5.32 Å². The molecule has 0 saturated carbocycles. The van der Waals surface area contributed by atoms with Gasteiger partial charge in [-0.2, -0.15) is 13.2 Å². The minimum atomic E-state index is -4.29. The molecule has 20 heavy (non-hydrogen) atoms. The van der Waals surface area contributed by atoms with Gasteiger partial charge in [0, 0.05) is 10.2 Å². The van der Waals surface area contributed by atoms with Crippen LogP contribution in [0.5, 0.6) is 0 Å². The SMILES string of the molecule is FC(F)(F)c1ccc2c(c1)CC(c1cccc(Br)c1)N2. The number of alkyl halides is 3. The molecule has 0 saturated heterocycles. The van der Waals surface area contributed by atoms with Crippen LogP contribution < -0.4 is 5.32 Å². The molecule has 0 aliphatic carbocycles. The zero-order valence-corrected chi connectivity index (χ0v) is 11.9. The summed E-state index contributed by atoms with van der Waals surface area (Å²) in [6.07, 6.45) is -3.72. The fraction of sp³-hybridized carbons (Fsp3) is 0.200. The molecule has 2 aromatic rings. The first-order chi connectivity index (χ1) is 9.43. The second-order valence-electron chi connectivity index (χ2n) is 4.83. The highest BCUT2D eigenvalue weighted by atomic mass is 79.9. The number of anilines is 1. The maximum absolute atomic E-state index is 12.7. The number of halogens is 4. The predicted octanol–water partition coefficient (Wildman–Crippen LogP) is 5.18. The van der Waals surface area contributed by atoms with E-state index in [0.717, 1.165) is 21.8 Å². The molecule has 1 unspecified atom stereocenters. The van der Waals surface area contributed by atoms with E-state index in [1.807, 2.05) is 24.3 Å². The van der Waals surface area contributed by atoms with Crippen molar-refractivity contribution < 1.29 is 13.2 Å². The van der Waals surface area contributed by atoms with E-state index < -0.39 is 11.7 Å². The van der Waals surface area contributed by atoms with Crippen molar-refractivity contribution in [3.63, 3.8) is 0 Å². The van der Waals surface area contributed by atoms with Crippen molar-refractivity contribution in [1.29, 1.82) is 0 Å². The van der Waals surface area contributed by atoms with Crippen LogP contribution in [0.15, 0.2) is 46.9 Å². The molecule has 1 N–H and O–H groups in total. The van der Waals surface area contributed by atoms with Gasteiger partial charge in [-0.3, -0.25) is 0 Å². The standard InChI is InChI=1S/C15H11BrF3N/c16-12-3-1-2-9(7-12)14-8-10-6-11(15(17,18)19)4-5-13(10)20-14/h1-7,14,20H,8H2. The Bertz CT molecular complexity index is 652. The van der Waals surface area contributed by atoms with Gasteiger partial charge < -0.3 is 5.32 Å². The fourth-order valence-electron chi connectivity index (χ4n) is 2.46. The van der Waals surface area contributed by atoms with Gasteiger partial charge in [0.15, 0.2) is 0 Å². The van der Waals surface area contributed by atoms with Gasteiger partial charge in [-0.05, 0) is 47.9 Å². The van der Waals surface area contributed by atoms with Gasteiger partial charge in [-0.25, -0.2) is 0 Å². The van der Waals surface area contributed by atoms with Crippen molar-refractivity contribution in [2.24, 2.45) is 0 Å². The normalized spacial score (nSPS) is 17.7. The zero-order chi connectivity index (χ0) is 14.3. The van der Waals surface area contributed by atoms with E-state index >= 15 is 0 Å². The summed E-state index contributed by atoms with van der Waals surface area (Å²) < 4.78 is 39.1. The molecule has 0 bridgehead atoms. The molecule has 0 radical (unpaired) electrons. The molecule has 0 aromatic heterocycles. The van der Waals surface area contributed by atoms with E-state index in [4.69, 9.17) is 0 Å². The highest BCUT2D eigenvalue weighted by Gasteiger charge is 2.32.